The van der Waals surface area contributed by atoms with Gasteiger partial charge in [-0.05, 0) is 18.6 Å². The standard InChI is InChI=1S/C9H9NO2/c1-7(12)5-8-3-2-4-10-9(8)6-11/h2-4,6H,5H2,1H3. The summed E-state index contributed by atoms with van der Waals surface area (Å²) in [4.78, 5) is 25.0. The number of hydrogen-bond acceptors (Lipinski definition) is 3. The molecular weight excluding hydrogens is 154 g/mol. The van der Waals surface area contributed by atoms with Gasteiger partial charge in [-0.1, -0.05) is 6.07 Å². The van der Waals surface area contributed by atoms with Crippen LogP contribution in [0.2, 0.25) is 0 Å². The molecular formula is C9H9NO2. The van der Waals surface area contributed by atoms with Gasteiger partial charge in [0.15, 0.2) is 6.29 Å². The topological polar surface area (TPSA) is 47.0 Å². The smallest absolute Gasteiger partial charge is 0.168 e. The molecule has 0 radical (unpaired) electrons. The third-order valence-corrected chi connectivity index (χ3v) is 1.48. The Morgan fingerprint density at radius 2 is 2.42 bits per heavy atom. The van der Waals surface area contributed by atoms with Gasteiger partial charge in [-0.3, -0.25) is 14.6 Å². The van der Waals surface area contributed by atoms with Crippen molar-refractivity contribution in [2.45, 2.75) is 13.3 Å². The molecule has 0 spiro atoms. The van der Waals surface area contributed by atoms with Crippen LogP contribution in [-0.2, 0) is 11.2 Å². The van der Waals surface area contributed by atoms with Crippen molar-refractivity contribution >= 4 is 12.1 Å². The van der Waals surface area contributed by atoms with E-state index >= 15 is 0 Å². The predicted octanol–water partition coefficient (Wildman–Crippen LogP) is 1.03. The number of carbonyl (C=O) groups is 2. The van der Waals surface area contributed by atoms with Gasteiger partial charge in [0.05, 0.1) is 0 Å². The predicted molar refractivity (Wildman–Crippen MR) is 44.0 cm³/mol. The maximum Gasteiger partial charge on any atom is 0.168 e. The second kappa shape index (κ2) is 3.76. The van der Waals surface area contributed by atoms with Crippen molar-refractivity contribution < 1.29 is 9.59 Å². The first-order valence-electron chi connectivity index (χ1n) is 3.62. The van der Waals surface area contributed by atoms with E-state index < -0.39 is 0 Å². The lowest BCUT2D eigenvalue weighted by molar-refractivity contribution is -0.116. The molecule has 0 fully saturated rings. The van der Waals surface area contributed by atoms with E-state index in [-0.39, 0.29) is 12.2 Å². The molecule has 0 saturated heterocycles. The summed E-state index contributed by atoms with van der Waals surface area (Å²) in [7, 11) is 0. The van der Waals surface area contributed by atoms with Gasteiger partial charge in [-0.2, -0.15) is 0 Å². The number of pyridine rings is 1. The highest BCUT2D eigenvalue weighted by atomic mass is 16.1. The Bertz CT molecular complexity index is 307. The number of hydrogen-bond donors (Lipinski definition) is 0. The minimum atomic E-state index is 0.0334. The van der Waals surface area contributed by atoms with Crippen molar-refractivity contribution in [1.82, 2.24) is 4.98 Å². The molecule has 0 bridgehead atoms. The first-order chi connectivity index (χ1) is 5.74. The summed E-state index contributed by atoms with van der Waals surface area (Å²) in [5.74, 6) is 0.0334. The minimum Gasteiger partial charge on any atom is -0.300 e. The van der Waals surface area contributed by atoms with Gasteiger partial charge >= 0.3 is 0 Å². The van der Waals surface area contributed by atoms with E-state index in [4.69, 9.17) is 0 Å². The van der Waals surface area contributed by atoms with Crippen LogP contribution in [0.25, 0.3) is 0 Å². The Balaban J connectivity index is 2.96. The summed E-state index contributed by atoms with van der Waals surface area (Å²) in [6, 6.07) is 3.45. The normalized spacial score (nSPS) is 9.42. The molecule has 1 heterocycles. The van der Waals surface area contributed by atoms with Crippen LogP contribution in [0.4, 0.5) is 0 Å². The highest BCUT2D eigenvalue weighted by Gasteiger charge is 2.03. The van der Waals surface area contributed by atoms with Gasteiger partial charge in [-0.15, -0.1) is 0 Å². The first-order valence-corrected chi connectivity index (χ1v) is 3.62. The molecule has 1 rings (SSSR count). The quantitative estimate of drug-likeness (QED) is 0.625. The zero-order valence-corrected chi connectivity index (χ0v) is 6.78. The Kier molecular flexibility index (Phi) is 2.69. The van der Waals surface area contributed by atoms with Gasteiger partial charge in [-0.25, -0.2) is 0 Å². The van der Waals surface area contributed by atoms with Gasteiger partial charge < -0.3 is 0 Å². The van der Waals surface area contributed by atoms with Crippen LogP contribution < -0.4 is 0 Å². The molecule has 0 unspecified atom stereocenters. The molecule has 12 heavy (non-hydrogen) atoms. The van der Waals surface area contributed by atoms with Crippen molar-refractivity contribution in [3.8, 4) is 0 Å². The van der Waals surface area contributed by atoms with E-state index in [2.05, 4.69) is 4.98 Å². The van der Waals surface area contributed by atoms with E-state index in [1.807, 2.05) is 0 Å². The highest BCUT2D eigenvalue weighted by molar-refractivity contribution is 5.82. The van der Waals surface area contributed by atoms with Gasteiger partial charge in [0.25, 0.3) is 0 Å². The molecule has 0 saturated carbocycles. The summed E-state index contributed by atoms with van der Waals surface area (Å²) in [6.45, 7) is 1.49. The fourth-order valence-electron chi connectivity index (χ4n) is 0.975. The molecule has 1 aromatic rings. The van der Waals surface area contributed by atoms with Crippen molar-refractivity contribution in [1.29, 1.82) is 0 Å². The molecule has 3 heteroatoms. The Hall–Kier alpha value is -1.51. The van der Waals surface area contributed by atoms with E-state index in [0.29, 0.717) is 17.5 Å². The van der Waals surface area contributed by atoms with E-state index in [1.165, 1.54) is 13.1 Å². The zero-order valence-electron chi connectivity index (χ0n) is 6.78. The molecule has 0 amide bonds. The summed E-state index contributed by atoms with van der Waals surface area (Å²) < 4.78 is 0. The van der Waals surface area contributed by atoms with Crippen LogP contribution in [0.1, 0.15) is 23.0 Å². The lowest BCUT2D eigenvalue weighted by atomic mass is 10.1. The summed E-state index contributed by atoms with van der Waals surface area (Å²) in [5, 5.41) is 0. The molecule has 0 aliphatic heterocycles. The lowest BCUT2D eigenvalue weighted by Crippen LogP contribution is -2.01. The second-order valence-corrected chi connectivity index (χ2v) is 2.54. The Morgan fingerprint density at radius 3 is 3.00 bits per heavy atom. The summed E-state index contributed by atoms with van der Waals surface area (Å²) >= 11 is 0. The highest BCUT2D eigenvalue weighted by Crippen LogP contribution is 2.03. The Labute approximate surface area is 70.4 Å². The maximum absolute atomic E-state index is 10.7. The van der Waals surface area contributed by atoms with Gasteiger partial charge in [0, 0.05) is 12.6 Å². The Morgan fingerprint density at radius 1 is 1.67 bits per heavy atom. The van der Waals surface area contributed by atoms with Crippen molar-refractivity contribution in [3.63, 3.8) is 0 Å². The van der Waals surface area contributed by atoms with Crippen LogP contribution in [-0.4, -0.2) is 17.1 Å². The number of Topliss-reactive ketones (excluding diaryl/α,β-unsaturated/α-hetero) is 1. The molecule has 0 aromatic carbocycles. The number of aldehydes is 1. The van der Waals surface area contributed by atoms with Crippen molar-refractivity contribution in [3.05, 3.63) is 29.6 Å². The van der Waals surface area contributed by atoms with Crippen molar-refractivity contribution in [2.75, 3.05) is 0 Å². The van der Waals surface area contributed by atoms with Crippen LogP contribution >= 0.6 is 0 Å². The third kappa shape index (κ3) is 1.99. The van der Waals surface area contributed by atoms with E-state index in [9.17, 15) is 9.59 Å². The molecule has 0 aliphatic carbocycles. The number of nitrogens with zero attached hydrogens (tertiary/aromatic N) is 1. The van der Waals surface area contributed by atoms with E-state index in [0.717, 1.165) is 0 Å². The molecule has 1 aromatic heterocycles. The first kappa shape index (κ1) is 8.59. The summed E-state index contributed by atoms with van der Waals surface area (Å²) in [5.41, 5.74) is 1.05. The molecule has 3 nitrogen and oxygen atoms in total. The number of rotatable bonds is 3. The fraction of sp³-hybridized carbons (Fsp3) is 0.222. The lowest BCUT2D eigenvalue weighted by Gasteiger charge is -1.98. The number of carbonyl (C=O) groups excluding carboxylic acids is 2. The average Bonchev–Trinajstić information content (AvgIpc) is 2.04. The molecule has 0 aliphatic rings. The molecule has 0 atom stereocenters. The number of aromatic nitrogens is 1. The van der Waals surface area contributed by atoms with Crippen LogP contribution in [0, 0.1) is 0 Å². The van der Waals surface area contributed by atoms with Crippen LogP contribution in [0.5, 0.6) is 0 Å². The second-order valence-electron chi connectivity index (χ2n) is 2.54. The van der Waals surface area contributed by atoms with Crippen molar-refractivity contribution in [2.24, 2.45) is 0 Å². The van der Waals surface area contributed by atoms with E-state index in [1.54, 1.807) is 12.1 Å². The largest absolute Gasteiger partial charge is 0.300 e. The third-order valence-electron chi connectivity index (χ3n) is 1.48. The molecule has 62 valence electrons. The van der Waals surface area contributed by atoms with Crippen LogP contribution in [0.15, 0.2) is 18.3 Å². The van der Waals surface area contributed by atoms with Gasteiger partial charge in [0.1, 0.15) is 11.5 Å². The van der Waals surface area contributed by atoms with Gasteiger partial charge in [0.2, 0.25) is 0 Å². The SMILES string of the molecule is CC(=O)Cc1cccnc1C=O. The fourth-order valence-corrected chi connectivity index (χ4v) is 0.975. The minimum absolute atomic E-state index is 0.0334. The molecule has 0 N–H and O–H groups in total. The summed E-state index contributed by atoms with van der Waals surface area (Å²) in [6.07, 6.45) is 2.48. The maximum atomic E-state index is 10.7. The zero-order chi connectivity index (χ0) is 8.97. The average molecular weight is 163 g/mol. The number of ketones is 1. The monoisotopic (exact) mass is 163 g/mol. The van der Waals surface area contributed by atoms with Crippen LogP contribution in [0.3, 0.4) is 0 Å².